The van der Waals surface area contributed by atoms with Gasteiger partial charge < -0.3 is 9.64 Å². The molecule has 1 aromatic rings. The van der Waals surface area contributed by atoms with Crippen molar-refractivity contribution in [2.45, 2.75) is 12.2 Å². The normalized spacial score (nSPS) is 32.8. The Hall–Kier alpha value is -1.30. The molecule has 0 aliphatic carbocycles. The largest absolute Gasteiger partial charge is 0.366 e. The number of nitro benzene ring substituents is 1. The molecule has 1 aromatic carbocycles. The van der Waals surface area contributed by atoms with E-state index < -0.39 is 4.92 Å². The van der Waals surface area contributed by atoms with Crippen LogP contribution in [0.4, 0.5) is 11.4 Å². The Kier molecular flexibility index (Phi) is 2.93. The highest BCUT2D eigenvalue weighted by Gasteiger charge is 2.51. The first-order valence-corrected chi connectivity index (χ1v) is 7.53. The monoisotopic (exact) mass is 326 g/mol. The number of anilines is 1. The second kappa shape index (κ2) is 4.60. The van der Waals surface area contributed by atoms with Gasteiger partial charge in [-0.25, -0.2) is 0 Å². The number of hydrogen-bond donors (Lipinski definition) is 0. The molecule has 0 radical (unpaired) electrons. The molecule has 110 valence electrons. The topological polar surface area (TPSA) is 55.6 Å². The summed E-state index contributed by atoms with van der Waals surface area (Å²) in [4.78, 5) is 12.8. The zero-order chi connectivity index (χ0) is 14.7. The predicted molar refractivity (Wildman–Crippen MR) is 80.1 cm³/mol. The van der Waals surface area contributed by atoms with Crippen LogP contribution in [-0.4, -0.2) is 30.2 Å². The average Bonchev–Trinajstić information content (AvgIpc) is 3.12. The number of rotatable bonds is 2. The molecule has 4 atom stereocenters. The molecule has 0 amide bonds. The van der Waals surface area contributed by atoms with Crippen LogP contribution in [0.3, 0.4) is 0 Å². The summed E-state index contributed by atoms with van der Waals surface area (Å²) < 4.78 is 5.82. The molecular formula is C14H12Cl2N2O3. The van der Waals surface area contributed by atoms with Gasteiger partial charge in [0.1, 0.15) is 5.69 Å². The maximum Gasteiger partial charge on any atom is 0.294 e. The van der Waals surface area contributed by atoms with E-state index in [2.05, 4.69) is 12.2 Å². The molecule has 3 aliphatic rings. The lowest BCUT2D eigenvalue weighted by molar-refractivity contribution is -0.384. The van der Waals surface area contributed by atoms with E-state index in [4.69, 9.17) is 27.9 Å². The lowest BCUT2D eigenvalue weighted by Crippen LogP contribution is -2.25. The molecular weight excluding hydrogens is 315 g/mol. The first-order valence-electron chi connectivity index (χ1n) is 6.77. The minimum atomic E-state index is -0.408. The van der Waals surface area contributed by atoms with Gasteiger partial charge in [0.15, 0.2) is 0 Å². The maximum atomic E-state index is 11.3. The van der Waals surface area contributed by atoms with Gasteiger partial charge in [0.25, 0.3) is 5.69 Å². The van der Waals surface area contributed by atoms with Crippen molar-refractivity contribution >= 4 is 34.6 Å². The summed E-state index contributed by atoms with van der Waals surface area (Å²) in [5, 5.41) is 11.9. The molecule has 21 heavy (non-hydrogen) atoms. The number of halogens is 2. The first-order chi connectivity index (χ1) is 10.1. The summed E-state index contributed by atoms with van der Waals surface area (Å²) in [6.45, 7) is 1.41. The van der Waals surface area contributed by atoms with E-state index in [9.17, 15) is 10.1 Å². The van der Waals surface area contributed by atoms with Gasteiger partial charge in [-0.05, 0) is 6.07 Å². The molecule has 2 fully saturated rings. The summed E-state index contributed by atoms with van der Waals surface area (Å²) in [6.07, 6.45) is 4.43. The minimum absolute atomic E-state index is 0.00518. The quantitative estimate of drug-likeness (QED) is 0.475. The van der Waals surface area contributed by atoms with Crippen molar-refractivity contribution in [3.63, 3.8) is 0 Å². The second-order valence-electron chi connectivity index (χ2n) is 5.67. The summed E-state index contributed by atoms with van der Waals surface area (Å²) >= 11 is 12.3. The van der Waals surface area contributed by atoms with Crippen LogP contribution >= 0.6 is 23.2 Å². The van der Waals surface area contributed by atoms with Gasteiger partial charge in [0, 0.05) is 31.0 Å². The smallest absolute Gasteiger partial charge is 0.294 e. The van der Waals surface area contributed by atoms with Gasteiger partial charge in [-0.1, -0.05) is 35.4 Å². The molecule has 0 aromatic heterocycles. The van der Waals surface area contributed by atoms with Crippen LogP contribution in [0.2, 0.25) is 10.0 Å². The third-order valence-corrected chi connectivity index (χ3v) is 5.42. The third-order valence-electron chi connectivity index (χ3n) is 4.62. The zero-order valence-electron chi connectivity index (χ0n) is 10.9. The van der Waals surface area contributed by atoms with Crippen LogP contribution in [-0.2, 0) is 4.74 Å². The van der Waals surface area contributed by atoms with Gasteiger partial charge in [-0.15, -0.1) is 0 Å². The molecule has 3 aliphatic heterocycles. The summed E-state index contributed by atoms with van der Waals surface area (Å²) in [5.74, 6) is 0.740. The van der Waals surface area contributed by atoms with Crippen LogP contribution in [0.25, 0.3) is 0 Å². The van der Waals surface area contributed by atoms with Crippen molar-refractivity contribution in [3.05, 3.63) is 44.4 Å². The Morgan fingerprint density at radius 2 is 1.81 bits per heavy atom. The van der Waals surface area contributed by atoms with Crippen molar-refractivity contribution in [1.82, 2.24) is 0 Å². The van der Waals surface area contributed by atoms with Crippen LogP contribution < -0.4 is 4.90 Å². The highest BCUT2D eigenvalue weighted by atomic mass is 35.5. The summed E-state index contributed by atoms with van der Waals surface area (Å²) in [7, 11) is 0. The summed E-state index contributed by atoms with van der Waals surface area (Å²) in [6, 6.07) is 2.89. The van der Waals surface area contributed by atoms with Gasteiger partial charge in [-0.2, -0.15) is 0 Å². The Labute approximate surface area is 131 Å². The van der Waals surface area contributed by atoms with Gasteiger partial charge in [-0.3, -0.25) is 10.1 Å². The Bertz CT molecular complexity index is 644. The summed E-state index contributed by atoms with van der Waals surface area (Å²) in [5.41, 5.74) is 0.438. The fourth-order valence-electron chi connectivity index (χ4n) is 3.69. The minimum Gasteiger partial charge on any atom is -0.366 e. The molecule has 2 bridgehead atoms. The van der Waals surface area contributed by atoms with Crippen molar-refractivity contribution < 1.29 is 9.66 Å². The van der Waals surface area contributed by atoms with E-state index >= 15 is 0 Å². The molecule has 4 unspecified atom stereocenters. The molecule has 0 N–H and O–H groups in total. The molecule has 0 spiro atoms. The molecule has 0 saturated carbocycles. The number of ether oxygens (including phenoxy) is 1. The highest BCUT2D eigenvalue weighted by Crippen LogP contribution is 2.48. The Morgan fingerprint density at radius 3 is 2.38 bits per heavy atom. The third kappa shape index (κ3) is 1.88. The molecule has 7 heteroatoms. The Balaban J connectivity index is 1.72. The number of fused-ring (bicyclic) bond motifs is 5. The van der Waals surface area contributed by atoms with Crippen molar-refractivity contribution in [1.29, 1.82) is 0 Å². The van der Waals surface area contributed by atoms with Crippen LogP contribution in [0.15, 0.2) is 24.3 Å². The average molecular weight is 327 g/mol. The van der Waals surface area contributed by atoms with Gasteiger partial charge >= 0.3 is 0 Å². The van der Waals surface area contributed by atoms with E-state index in [-0.39, 0.29) is 22.9 Å². The van der Waals surface area contributed by atoms with E-state index in [1.807, 2.05) is 4.90 Å². The molecule has 4 rings (SSSR count). The van der Waals surface area contributed by atoms with Crippen LogP contribution in [0.1, 0.15) is 0 Å². The lowest BCUT2D eigenvalue weighted by Gasteiger charge is -2.22. The zero-order valence-corrected chi connectivity index (χ0v) is 12.4. The Morgan fingerprint density at radius 1 is 1.19 bits per heavy atom. The first kappa shape index (κ1) is 13.4. The fraction of sp³-hybridized carbons (Fsp3) is 0.429. The maximum absolute atomic E-state index is 11.3. The number of hydrogen-bond acceptors (Lipinski definition) is 4. The van der Waals surface area contributed by atoms with Gasteiger partial charge in [0.2, 0.25) is 0 Å². The SMILES string of the molecule is O=[N+]([O-])c1ccc(Cl)c(Cl)c1N1CC2C3C=CC(O3)C2C1. The molecule has 3 heterocycles. The lowest BCUT2D eigenvalue weighted by atomic mass is 9.86. The van der Waals surface area contributed by atoms with Gasteiger partial charge in [0.05, 0.1) is 27.2 Å². The van der Waals surface area contributed by atoms with Crippen LogP contribution in [0.5, 0.6) is 0 Å². The van der Waals surface area contributed by atoms with E-state index in [1.165, 1.54) is 12.1 Å². The predicted octanol–water partition coefficient (Wildman–Crippen LogP) is 3.29. The fourth-order valence-corrected chi connectivity index (χ4v) is 4.12. The van der Waals surface area contributed by atoms with Crippen LogP contribution in [0, 0.1) is 22.0 Å². The molecule has 2 saturated heterocycles. The second-order valence-corrected chi connectivity index (χ2v) is 6.45. The molecule has 5 nitrogen and oxygen atoms in total. The number of nitrogens with zero attached hydrogens (tertiary/aromatic N) is 2. The van der Waals surface area contributed by atoms with E-state index in [0.717, 1.165) is 0 Å². The number of nitro groups is 1. The highest BCUT2D eigenvalue weighted by molar-refractivity contribution is 6.44. The van der Waals surface area contributed by atoms with Crippen molar-refractivity contribution in [2.24, 2.45) is 11.8 Å². The van der Waals surface area contributed by atoms with Crippen molar-refractivity contribution in [3.8, 4) is 0 Å². The van der Waals surface area contributed by atoms with Crippen molar-refractivity contribution in [2.75, 3.05) is 18.0 Å². The number of benzene rings is 1. The van der Waals surface area contributed by atoms with E-state index in [1.54, 1.807) is 0 Å². The van der Waals surface area contributed by atoms with E-state index in [0.29, 0.717) is 35.6 Å². The standard InChI is InChI=1S/C14H12Cl2N2O3/c15-9-1-2-10(18(19)20)14(13(9)16)17-5-7-8(6-17)12-4-3-11(7)21-12/h1-4,7-8,11-12H,5-6H2.